The highest BCUT2D eigenvalue weighted by Crippen LogP contribution is 2.26. The summed E-state index contributed by atoms with van der Waals surface area (Å²) in [5.41, 5.74) is 6.76. The standard InChI is InChI=1S/C36H38N4O4/c41-35-11-5-15-40(35)33-10-4-7-28(22-33)24-38-36(42)30-12-13-34-31(23-30)21-27-6-3-8-29(20-27)25-39(16-17-43-18-19-44-34)26-32-9-1-2-14-37-32/h1-4,6-10,12-14,20,22-23H,5,11,15-19,21,24-26H2,(H,38,42). The molecule has 3 heterocycles. The number of ether oxygens (including phenoxy) is 2. The Morgan fingerprint density at radius 1 is 0.886 bits per heavy atom. The van der Waals surface area contributed by atoms with Gasteiger partial charge in [-0.3, -0.25) is 19.5 Å². The van der Waals surface area contributed by atoms with Crippen LogP contribution in [0.25, 0.3) is 0 Å². The Hall–Kier alpha value is -4.53. The van der Waals surface area contributed by atoms with E-state index in [2.05, 4.69) is 45.5 Å². The Balaban J connectivity index is 1.17. The zero-order valence-electron chi connectivity index (χ0n) is 24.9. The van der Waals surface area contributed by atoms with Gasteiger partial charge in [0.05, 0.1) is 18.9 Å². The van der Waals surface area contributed by atoms with Crippen molar-refractivity contribution < 1.29 is 19.1 Å². The fourth-order valence-electron chi connectivity index (χ4n) is 5.80. The molecular formula is C36H38N4O4. The first-order valence-electron chi connectivity index (χ1n) is 15.3. The Morgan fingerprint density at radius 2 is 1.80 bits per heavy atom. The van der Waals surface area contributed by atoms with E-state index in [1.807, 2.05) is 65.7 Å². The van der Waals surface area contributed by atoms with Gasteiger partial charge in [0, 0.05) is 63.0 Å². The van der Waals surface area contributed by atoms with Crippen molar-refractivity contribution in [1.29, 1.82) is 0 Å². The number of anilines is 1. The SMILES string of the molecule is O=C(NCc1cccc(N2CCCC2=O)c1)c1ccc2c(c1)Cc1cccc(c1)CN(Cc1ccccn1)CCOCCO2. The van der Waals surface area contributed by atoms with E-state index < -0.39 is 0 Å². The maximum absolute atomic E-state index is 13.3. The number of amides is 2. The van der Waals surface area contributed by atoms with Gasteiger partial charge >= 0.3 is 0 Å². The molecular weight excluding hydrogens is 552 g/mol. The fraction of sp³-hybridized carbons (Fsp3) is 0.306. The lowest BCUT2D eigenvalue weighted by Gasteiger charge is -2.23. The number of rotatable bonds is 6. The number of pyridine rings is 1. The number of aromatic nitrogens is 1. The number of carbonyl (C=O) groups excluding carboxylic acids is 2. The minimum Gasteiger partial charge on any atom is -0.491 e. The van der Waals surface area contributed by atoms with E-state index in [1.54, 1.807) is 0 Å². The van der Waals surface area contributed by atoms with Crippen molar-refractivity contribution in [3.05, 3.63) is 125 Å². The molecule has 2 aliphatic rings. The lowest BCUT2D eigenvalue weighted by atomic mass is 9.99. The summed E-state index contributed by atoms with van der Waals surface area (Å²) in [5.74, 6) is 0.751. The van der Waals surface area contributed by atoms with Crippen molar-refractivity contribution in [2.75, 3.05) is 37.8 Å². The Labute approximate surface area is 258 Å². The van der Waals surface area contributed by atoms with Crippen molar-refractivity contribution in [3.63, 3.8) is 0 Å². The lowest BCUT2D eigenvalue weighted by molar-refractivity contribution is -0.117. The molecule has 0 atom stereocenters. The van der Waals surface area contributed by atoms with Gasteiger partial charge in [0.25, 0.3) is 5.91 Å². The predicted octanol–water partition coefficient (Wildman–Crippen LogP) is 5.14. The zero-order chi connectivity index (χ0) is 30.1. The number of benzene rings is 3. The van der Waals surface area contributed by atoms with Crippen LogP contribution >= 0.6 is 0 Å². The van der Waals surface area contributed by atoms with Crippen molar-refractivity contribution in [1.82, 2.24) is 15.2 Å². The van der Waals surface area contributed by atoms with Crippen molar-refractivity contribution >= 4 is 17.5 Å². The lowest BCUT2D eigenvalue weighted by Crippen LogP contribution is -2.28. The summed E-state index contributed by atoms with van der Waals surface area (Å²) in [6, 6.07) is 28.0. The highest BCUT2D eigenvalue weighted by Gasteiger charge is 2.22. The molecule has 44 heavy (non-hydrogen) atoms. The maximum atomic E-state index is 13.3. The van der Waals surface area contributed by atoms with Crippen LogP contribution in [0, 0.1) is 0 Å². The summed E-state index contributed by atoms with van der Waals surface area (Å²) in [6.07, 6.45) is 3.93. The summed E-state index contributed by atoms with van der Waals surface area (Å²) in [7, 11) is 0. The van der Waals surface area contributed by atoms with Crippen LogP contribution in [0.15, 0.2) is 91.1 Å². The highest BCUT2D eigenvalue weighted by atomic mass is 16.5. The minimum atomic E-state index is -0.155. The molecule has 1 N–H and O–H groups in total. The molecule has 1 fully saturated rings. The molecule has 0 spiro atoms. The first-order valence-corrected chi connectivity index (χ1v) is 15.3. The second kappa shape index (κ2) is 14.3. The van der Waals surface area contributed by atoms with E-state index in [1.165, 1.54) is 5.56 Å². The number of fused-ring (bicyclic) bond motifs is 3. The molecule has 1 saturated heterocycles. The predicted molar refractivity (Wildman–Crippen MR) is 170 cm³/mol. The number of hydrogen-bond acceptors (Lipinski definition) is 6. The van der Waals surface area contributed by atoms with Gasteiger partial charge in [-0.15, -0.1) is 0 Å². The van der Waals surface area contributed by atoms with Gasteiger partial charge in [0.15, 0.2) is 0 Å². The van der Waals surface area contributed by atoms with Crippen LogP contribution in [-0.2, 0) is 35.6 Å². The van der Waals surface area contributed by atoms with E-state index in [4.69, 9.17) is 9.47 Å². The second-order valence-corrected chi connectivity index (χ2v) is 11.3. The van der Waals surface area contributed by atoms with Crippen LogP contribution in [-0.4, -0.2) is 54.6 Å². The summed E-state index contributed by atoms with van der Waals surface area (Å²) < 4.78 is 12.1. The van der Waals surface area contributed by atoms with Gasteiger partial charge in [-0.05, 0) is 71.1 Å². The number of hydrogen-bond donors (Lipinski definition) is 1. The maximum Gasteiger partial charge on any atom is 0.251 e. The van der Waals surface area contributed by atoms with E-state index in [0.717, 1.165) is 66.4 Å². The molecule has 0 radical (unpaired) electrons. The molecule has 6 rings (SSSR count). The minimum absolute atomic E-state index is 0.150. The quantitative estimate of drug-likeness (QED) is 0.335. The molecule has 1 aromatic heterocycles. The molecule has 3 aromatic carbocycles. The zero-order valence-corrected chi connectivity index (χ0v) is 24.9. The van der Waals surface area contributed by atoms with Crippen molar-refractivity contribution in [2.45, 2.75) is 38.9 Å². The number of carbonyl (C=O) groups is 2. The van der Waals surface area contributed by atoms with Crippen LogP contribution in [0.4, 0.5) is 5.69 Å². The molecule has 8 nitrogen and oxygen atoms in total. The van der Waals surface area contributed by atoms with Crippen LogP contribution in [0.1, 0.15) is 51.1 Å². The monoisotopic (exact) mass is 590 g/mol. The molecule has 0 unspecified atom stereocenters. The van der Waals surface area contributed by atoms with Crippen LogP contribution in [0.5, 0.6) is 5.75 Å². The molecule has 226 valence electrons. The van der Waals surface area contributed by atoms with Gasteiger partial charge in [0.1, 0.15) is 12.4 Å². The van der Waals surface area contributed by atoms with Gasteiger partial charge in [-0.1, -0.05) is 42.5 Å². The summed E-state index contributed by atoms with van der Waals surface area (Å²) in [4.78, 5) is 34.1. The first-order chi connectivity index (χ1) is 21.6. The smallest absolute Gasteiger partial charge is 0.251 e. The normalized spacial score (nSPS) is 16.1. The first kappa shape index (κ1) is 29.5. The topological polar surface area (TPSA) is 84.0 Å². The third-order valence-corrected chi connectivity index (χ3v) is 8.01. The average molecular weight is 591 g/mol. The Kier molecular flexibility index (Phi) is 9.60. The summed E-state index contributed by atoms with van der Waals surface area (Å²) >= 11 is 0. The van der Waals surface area contributed by atoms with Crippen molar-refractivity contribution in [3.8, 4) is 5.75 Å². The third kappa shape index (κ3) is 7.70. The van der Waals surface area contributed by atoms with Crippen LogP contribution < -0.4 is 15.0 Å². The molecule has 8 heteroatoms. The molecule has 2 amide bonds. The number of nitrogens with zero attached hydrogens (tertiary/aromatic N) is 3. The largest absolute Gasteiger partial charge is 0.491 e. The van der Waals surface area contributed by atoms with E-state index in [9.17, 15) is 9.59 Å². The highest BCUT2D eigenvalue weighted by molar-refractivity contribution is 5.96. The van der Waals surface area contributed by atoms with Crippen LogP contribution in [0.3, 0.4) is 0 Å². The van der Waals surface area contributed by atoms with E-state index in [-0.39, 0.29) is 11.8 Å². The summed E-state index contributed by atoms with van der Waals surface area (Å²) in [5, 5.41) is 3.05. The van der Waals surface area contributed by atoms with Crippen LogP contribution in [0.2, 0.25) is 0 Å². The Morgan fingerprint density at radius 3 is 2.66 bits per heavy atom. The third-order valence-electron chi connectivity index (χ3n) is 8.01. The molecule has 0 aliphatic carbocycles. The number of nitrogens with one attached hydrogen (secondary N) is 1. The van der Waals surface area contributed by atoms with Crippen molar-refractivity contribution in [2.24, 2.45) is 0 Å². The average Bonchev–Trinajstić information content (AvgIpc) is 3.48. The summed E-state index contributed by atoms with van der Waals surface area (Å²) in [6.45, 7) is 4.93. The van der Waals surface area contributed by atoms with Gasteiger partial charge in [0.2, 0.25) is 5.91 Å². The molecule has 4 aromatic rings. The van der Waals surface area contributed by atoms with Gasteiger partial charge < -0.3 is 19.7 Å². The van der Waals surface area contributed by atoms with Gasteiger partial charge in [-0.2, -0.15) is 0 Å². The molecule has 2 bridgehead atoms. The van der Waals surface area contributed by atoms with E-state index >= 15 is 0 Å². The molecule has 0 saturated carbocycles. The van der Waals surface area contributed by atoms with Gasteiger partial charge in [-0.25, -0.2) is 0 Å². The fourth-order valence-corrected chi connectivity index (χ4v) is 5.80. The second-order valence-electron chi connectivity index (χ2n) is 11.3. The molecule has 2 aliphatic heterocycles. The Bertz CT molecular complexity index is 1590. The van der Waals surface area contributed by atoms with E-state index in [0.29, 0.717) is 44.8 Å².